The third kappa shape index (κ3) is 2.16. The van der Waals surface area contributed by atoms with E-state index in [0.717, 1.165) is 0 Å². The van der Waals surface area contributed by atoms with Gasteiger partial charge in [-0.1, -0.05) is 0 Å². The zero-order chi connectivity index (χ0) is 9.68. The van der Waals surface area contributed by atoms with E-state index in [1.807, 2.05) is 0 Å². The smallest absolute Gasteiger partial charge is 0.341 e. The van der Waals surface area contributed by atoms with Crippen molar-refractivity contribution >= 4 is 11.7 Å². The number of nitrogen functional groups attached to an aromatic ring is 1. The SMILES string of the molecule is CCOC(=O)c1cnccc1NN. The fraction of sp³-hybridized carbons (Fsp3) is 0.250. The van der Waals surface area contributed by atoms with Crippen LogP contribution in [0.25, 0.3) is 0 Å². The molecule has 0 atom stereocenters. The zero-order valence-electron chi connectivity index (χ0n) is 7.28. The largest absolute Gasteiger partial charge is 0.462 e. The Morgan fingerprint density at radius 1 is 1.77 bits per heavy atom. The molecule has 0 aliphatic heterocycles. The second kappa shape index (κ2) is 4.42. The number of aromatic nitrogens is 1. The summed E-state index contributed by atoms with van der Waals surface area (Å²) < 4.78 is 4.80. The van der Waals surface area contributed by atoms with E-state index in [1.54, 1.807) is 13.0 Å². The van der Waals surface area contributed by atoms with Gasteiger partial charge in [-0.2, -0.15) is 0 Å². The summed E-state index contributed by atoms with van der Waals surface area (Å²) in [5.41, 5.74) is 3.24. The van der Waals surface area contributed by atoms with E-state index >= 15 is 0 Å². The van der Waals surface area contributed by atoms with Gasteiger partial charge in [0.25, 0.3) is 0 Å². The second-order valence-corrected chi connectivity index (χ2v) is 2.29. The lowest BCUT2D eigenvalue weighted by molar-refractivity contribution is 0.0527. The highest BCUT2D eigenvalue weighted by Gasteiger charge is 2.10. The molecule has 1 aromatic heterocycles. The molecule has 5 heteroatoms. The minimum Gasteiger partial charge on any atom is -0.462 e. The van der Waals surface area contributed by atoms with Gasteiger partial charge in [0.2, 0.25) is 0 Å². The Hall–Kier alpha value is -1.62. The molecule has 5 nitrogen and oxygen atoms in total. The number of rotatable bonds is 3. The molecule has 0 saturated carbocycles. The van der Waals surface area contributed by atoms with Crippen LogP contribution >= 0.6 is 0 Å². The summed E-state index contributed by atoms with van der Waals surface area (Å²) in [6.45, 7) is 2.07. The number of nitrogens with two attached hydrogens (primary N) is 1. The summed E-state index contributed by atoms with van der Waals surface area (Å²) in [5.74, 6) is 4.77. The molecule has 0 spiro atoms. The quantitative estimate of drug-likeness (QED) is 0.404. The summed E-state index contributed by atoms with van der Waals surface area (Å²) in [4.78, 5) is 15.1. The van der Waals surface area contributed by atoms with Crippen LogP contribution in [0.3, 0.4) is 0 Å². The number of nitrogens with zero attached hydrogens (tertiary/aromatic N) is 1. The van der Waals surface area contributed by atoms with Crippen LogP contribution < -0.4 is 11.3 Å². The maximum absolute atomic E-state index is 11.3. The first kappa shape index (κ1) is 9.47. The Morgan fingerprint density at radius 2 is 2.54 bits per heavy atom. The molecule has 0 unspecified atom stereocenters. The van der Waals surface area contributed by atoms with Crippen molar-refractivity contribution in [2.24, 2.45) is 5.84 Å². The number of carbonyl (C=O) groups excluding carboxylic acids is 1. The molecule has 13 heavy (non-hydrogen) atoms. The third-order valence-electron chi connectivity index (χ3n) is 1.47. The number of pyridine rings is 1. The van der Waals surface area contributed by atoms with Gasteiger partial charge >= 0.3 is 5.97 Å². The lowest BCUT2D eigenvalue weighted by Crippen LogP contribution is -2.13. The average molecular weight is 181 g/mol. The number of nitrogens with one attached hydrogen (secondary N) is 1. The number of esters is 1. The Morgan fingerprint density at radius 3 is 3.15 bits per heavy atom. The van der Waals surface area contributed by atoms with E-state index in [-0.39, 0.29) is 0 Å². The van der Waals surface area contributed by atoms with E-state index in [1.165, 1.54) is 12.4 Å². The van der Waals surface area contributed by atoms with Gasteiger partial charge in [-0.25, -0.2) is 4.79 Å². The van der Waals surface area contributed by atoms with E-state index in [0.29, 0.717) is 17.9 Å². The predicted molar refractivity (Wildman–Crippen MR) is 48.0 cm³/mol. The lowest BCUT2D eigenvalue weighted by atomic mass is 10.2. The van der Waals surface area contributed by atoms with Crippen molar-refractivity contribution in [3.8, 4) is 0 Å². The number of carbonyl (C=O) groups is 1. The molecular weight excluding hydrogens is 170 g/mol. The van der Waals surface area contributed by atoms with Crippen molar-refractivity contribution in [2.45, 2.75) is 6.92 Å². The number of ether oxygens (including phenoxy) is 1. The van der Waals surface area contributed by atoms with E-state index in [9.17, 15) is 4.79 Å². The van der Waals surface area contributed by atoms with Crippen LogP contribution in [0, 0.1) is 0 Å². The van der Waals surface area contributed by atoms with Crippen LogP contribution in [0.5, 0.6) is 0 Å². The van der Waals surface area contributed by atoms with Crippen molar-refractivity contribution in [2.75, 3.05) is 12.0 Å². The standard InChI is InChI=1S/C8H11N3O2/c1-2-13-8(12)6-5-10-4-3-7(6)11-9/h3-5H,2,9H2,1H3,(H,10,11). The molecule has 0 fully saturated rings. The van der Waals surface area contributed by atoms with Crippen LogP contribution in [-0.4, -0.2) is 17.6 Å². The van der Waals surface area contributed by atoms with Gasteiger partial charge in [-0.05, 0) is 13.0 Å². The molecule has 0 radical (unpaired) electrons. The summed E-state index contributed by atoms with van der Waals surface area (Å²) in [5, 5.41) is 0. The Labute approximate surface area is 75.9 Å². The number of hydrogen-bond donors (Lipinski definition) is 2. The van der Waals surface area contributed by atoms with Crippen molar-refractivity contribution in [1.29, 1.82) is 0 Å². The Kier molecular flexibility index (Phi) is 3.22. The first-order valence-corrected chi connectivity index (χ1v) is 3.87. The third-order valence-corrected chi connectivity index (χ3v) is 1.47. The van der Waals surface area contributed by atoms with Crippen LogP contribution in [0.15, 0.2) is 18.5 Å². The average Bonchev–Trinajstić information content (AvgIpc) is 2.18. The molecule has 0 aliphatic rings. The van der Waals surface area contributed by atoms with Gasteiger partial charge in [-0.3, -0.25) is 10.8 Å². The summed E-state index contributed by atoms with van der Waals surface area (Å²) in [6.07, 6.45) is 2.95. The summed E-state index contributed by atoms with van der Waals surface area (Å²) >= 11 is 0. The van der Waals surface area contributed by atoms with Crippen LogP contribution in [0.2, 0.25) is 0 Å². The topological polar surface area (TPSA) is 77.2 Å². The van der Waals surface area contributed by atoms with Crippen LogP contribution in [0.1, 0.15) is 17.3 Å². The lowest BCUT2D eigenvalue weighted by Gasteiger charge is -2.06. The highest BCUT2D eigenvalue weighted by Crippen LogP contribution is 2.12. The van der Waals surface area contributed by atoms with Gasteiger partial charge in [0.15, 0.2) is 0 Å². The van der Waals surface area contributed by atoms with Gasteiger partial charge in [-0.15, -0.1) is 0 Å². The maximum Gasteiger partial charge on any atom is 0.341 e. The molecule has 0 saturated heterocycles. The van der Waals surface area contributed by atoms with Gasteiger partial charge in [0.1, 0.15) is 5.56 Å². The number of hydrazine groups is 1. The Bertz CT molecular complexity index is 301. The summed E-state index contributed by atoms with van der Waals surface area (Å²) in [6, 6.07) is 1.60. The molecule has 1 aromatic rings. The van der Waals surface area contributed by atoms with Crippen molar-refractivity contribution in [3.63, 3.8) is 0 Å². The summed E-state index contributed by atoms with van der Waals surface area (Å²) in [7, 11) is 0. The van der Waals surface area contributed by atoms with Crippen LogP contribution in [-0.2, 0) is 4.74 Å². The van der Waals surface area contributed by atoms with E-state index in [2.05, 4.69) is 10.4 Å². The fourth-order valence-corrected chi connectivity index (χ4v) is 0.892. The highest BCUT2D eigenvalue weighted by atomic mass is 16.5. The monoisotopic (exact) mass is 181 g/mol. The van der Waals surface area contributed by atoms with Crippen LogP contribution in [0.4, 0.5) is 5.69 Å². The van der Waals surface area contributed by atoms with Gasteiger partial charge in [0.05, 0.1) is 12.3 Å². The first-order valence-electron chi connectivity index (χ1n) is 3.87. The maximum atomic E-state index is 11.3. The first-order chi connectivity index (χ1) is 6.29. The molecule has 1 rings (SSSR count). The highest BCUT2D eigenvalue weighted by molar-refractivity contribution is 5.95. The van der Waals surface area contributed by atoms with Gasteiger partial charge < -0.3 is 10.2 Å². The molecular formula is C8H11N3O2. The molecule has 0 aliphatic carbocycles. The second-order valence-electron chi connectivity index (χ2n) is 2.29. The molecule has 3 N–H and O–H groups in total. The molecule has 0 bridgehead atoms. The fourth-order valence-electron chi connectivity index (χ4n) is 0.892. The number of hydrogen-bond acceptors (Lipinski definition) is 5. The normalized spacial score (nSPS) is 9.38. The van der Waals surface area contributed by atoms with Gasteiger partial charge in [0, 0.05) is 12.4 Å². The van der Waals surface area contributed by atoms with Crippen molar-refractivity contribution < 1.29 is 9.53 Å². The minimum absolute atomic E-state index is 0.331. The predicted octanol–water partition coefficient (Wildman–Crippen LogP) is 0.544. The molecule has 1 heterocycles. The Balaban J connectivity index is 2.92. The minimum atomic E-state index is -0.427. The molecule has 70 valence electrons. The van der Waals surface area contributed by atoms with E-state index in [4.69, 9.17) is 10.6 Å². The molecule has 0 aromatic carbocycles. The van der Waals surface area contributed by atoms with E-state index < -0.39 is 5.97 Å². The number of anilines is 1. The molecule has 0 amide bonds. The zero-order valence-corrected chi connectivity index (χ0v) is 7.28. The van der Waals surface area contributed by atoms with Crippen molar-refractivity contribution in [3.05, 3.63) is 24.0 Å². The van der Waals surface area contributed by atoms with Crippen molar-refractivity contribution in [1.82, 2.24) is 4.98 Å².